The van der Waals surface area contributed by atoms with Gasteiger partial charge < -0.3 is 10.6 Å². The molecule has 3 rings (SSSR count). The number of nitrogens with zero attached hydrogens (tertiary/aromatic N) is 3. The number of benzene rings is 1. The predicted molar refractivity (Wildman–Crippen MR) is 75.6 cm³/mol. The Hall–Kier alpha value is -2.21. The molecule has 0 aliphatic carbocycles. The fourth-order valence-electron chi connectivity index (χ4n) is 2.36. The first-order chi connectivity index (χ1) is 9.83. The standard InChI is InChI=1S/C14H17N5O/c20-14(11-5-7-15-8-6-11)18-12-1-3-13(4-2-12)19-16-9-10-17-19/h1-4,9-11,15H,5-8H2,(H,18,20). The van der Waals surface area contributed by atoms with Crippen LogP contribution in [0.3, 0.4) is 0 Å². The monoisotopic (exact) mass is 271 g/mol. The second-order valence-electron chi connectivity index (χ2n) is 4.88. The van der Waals surface area contributed by atoms with Crippen molar-refractivity contribution in [3.05, 3.63) is 36.7 Å². The van der Waals surface area contributed by atoms with E-state index in [1.165, 1.54) is 0 Å². The number of piperidine rings is 1. The van der Waals surface area contributed by atoms with E-state index in [0.717, 1.165) is 37.3 Å². The first-order valence-corrected chi connectivity index (χ1v) is 6.81. The van der Waals surface area contributed by atoms with Crippen LogP contribution in [0.25, 0.3) is 5.69 Å². The molecule has 0 radical (unpaired) electrons. The number of hydrogen-bond acceptors (Lipinski definition) is 4. The highest BCUT2D eigenvalue weighted by Crippen LogP contribution is 2.16. The Bertz CT molecular complexity index is 558. The van der Waals surface area contributed by atoms with Crippen molar-refractivity contribution in [2.75, 3.05) is 18.4 Å². The van der Waals surface area contributed by atoms with Crippen molar-refractivity contribution in [1.82, 2.24) is 20.3 Å². The molecule has 1 aliphatic rings. The lowest BCUT2D eigenvalue weighted by Gasteiger charge is -2.21. The van der Waals surface area contributed by atoms with Crippen LogP contribution in [-0.2, 0) is 4.79 Å². The van der Waals surface area contributed by atoms with Gasteiger partial charge in [0.15, 0.2) is 0 Å². The third-order valence-electron chi connectivity index (χ3n) is 3.49. The van der Waals surface area contributed by atoms with E-state index in [9.17, 15) is 4.79 Å². The Labute approximate surface area is 117 Å². The first-order valence-electron chi connectivity index (χ1n) is 6.81. The molecule has 1 saturated heterocycles. The van der Waals surface area contributed by atoms with Gasteiger partial charge in [-0.15, -0.1) is 0 Å². The van der Waals surface area contributed by atoms with Crippen LogP contribution >= 0.6 is 0 Å². The summed E-state index contributed by atoms with van der Waals surface area (Å²) < 4.78 is 0. The lowest BCUT2D eigenvalue weighted by atomic mass is 9.97. The van der Waals surface area contributed by atoms with Crippen LogP contribution in [0.2, 0.25) is 0 Å². The summed E-state index contributed by atoms with van der Waals surface area (Å²) >= 11 is 0. The van der Waals surface area contributed by atoms with Gasteiger partial charge in [0, 0.05) is 11.6 Å². The predicted octanol–water partition coefficient (Wildman–Crippen LogP) is 1.21. The highest BCUT2D eigenvalue weighted by atomic mass is 16.1. The average molecular weight is 271 g/mol. The number of carbonyl (C=O) groups is 1. The molecular formula is C14H17N5O. The maximum absolute atomic E-state index is 12.1. The van der Waals surface area contributed by atoms with Gasteiger partial charge in [0.2, 0.25) is 5.91 Å². The second kappa shape index (κ2) is 5.83. The van der Waals surface area contributed by atoms with Gasteiger partial charge in [-0.05, 0) is 50.2 Å². The van der Waals surface area contributed by atoms with E-state index in [1.807, 2.05) is 24.3 Å². The fourth-order valence-corrected chi connectivity index (χ4v) is 2.36. The first kappa shape index (κ1) is 12.8. The summed E-state index contributed by atoms with van der Waals surface area (Å²) in [6.45, 7) is 1.84. The summed E-state index contributed by atoms with van der Waals surface area (Å²) in [7, 11) is 0. The Morgan fingerprint density at radius 1 is 1.15 bits per heavy atom. The van der Waals surface area contributed by atoms with E-state index in [-0.39, 0.29) is 11.8 Å². The summed E-state index contributed by atoms with van der Waals surface area (Å²) in [5.41, 5.74) is 1.68. The number of rotatable bonds is 3. The molecular weight excluding hydrogens is 254 g/mol. The molecule has 0 bridgehead atoms. The smallest absolute Gasteiger partial charge is 0.227 e. The van der Waals surface area contributed by atoms with Crippen molar-refractivity contribution >= 4 is 11.6 Å². The molecule has 0 saturated carbocycles. The Morgan fingerprint density at radius 3 is 2.45 bits per heavy atom. The Kier molecular flexibility index (Phi) is 3.73. The average Bonchev–Trinajstić information content (AvgIpc) is 3.03. The Morgan fingerprint density at radius 2 is 1.80 bits per heavy atom. The minimum atomic E-state index is 0.108. The molecule has 1 aromatic heterocycles. The molecule has 2 heterocycles. The summed E-state index contributed by atoms with van der Waals surface area (Å²) in [6, 6.07) is 7.52. The van der Waals surface area contributed by atoms with Crippen LogP contribution in [-0.4, -0.2) is 34.0 Å². The molecule has 0 unspecified atom stereocenters. The highest BCUT2D eigenvalue weighted by molar-refractivity contribution is 5.92. The van der Waals surface area contributed by atoms with Crippen LogP contribution in [0.5, 0.6) is 0 Å². The van der Waals surface area contributed by atoms with Crippen LogP contribution < -0.4 is 10.6 Å². The molecule has 6 nitrogen and oxygen atoms in total. The fraction of sp³-hybridized carbons (Fsp3) is 0.357. The zero-order valence-corrected chi connectivity index (χ0v) is 11.1. The van der Waals surface area contributed by atoms with Crippen LogP contribution in [0.4, 0.5) is 5.69 Å². The van der Waals surface area contributed by atoms with Gasteiger partial charge in [-0.3, -0.25) is 4.79 Å². The van der Waals surface area contributed by atoms with Crippen LogP contribution in [0, 0.1) is 5.92 Å². The lowest BCUT2D eigenvalue weighted by molar-refractivity contribution is -0.120. The molecule has 0 atom stereocenters. The molecule has 20 heavy (non-hydrogen) atoms. The minimum Gasteiger partial charge on any atom is -0.326 e. The maximum atomic E-state index is 12.1. The van der Waals surface area contributed by atoms with Crippen molar-refractivity contribution in [3.63, 3.8) is 0 Å². The number of hydrogen-bond donors (Lipinski definition) is 2. The van der Waals surface area contributed by atoms with Crippen LogP contribution in [0.1, 0.15) is 12.8 Å². The molecule has 0 spiro atoms. The summed E-state index contributed by atoms with van der Waals surface area (Å²) in [5.74, 6) is 0.222. The van der Waals surface area contributed by atoms with Crippen LogP contribution in [0.15, 0.2) is 36.7 Å². The van der Waals surface area contributed by atoms with Gasteiger partial charge in [0.05, 0.1) is 18.1 Å². The molecule has 1 fully saturated rings. The largest absolute Gasteiger partial charge is 0.326 e. The van der Waals surface area contributed by atoms with Crippen molar-refractivity contribution in [2.24, 2.45) is 5.92 Å². The summed E-state index contributed by atoms with van der Waals surface area (Å²) in [4.78, 5) is 13.7. The van der Waals surface area contributed by atoms with Crippen molar-refractivity contribution in [3.8, 4) is 5.69 Å². The maximum Gasteiger partial charge on any atom is 0.227 e. The molecule has 1 aliphatic heterocycles. The van der Waals surface area contributed by atoms with Crippen molar-refractivity contribution in [2.45, 2.75) is 12.8 Å². The van der Waals surface area contributed by atoms with E-state index in [4.69, 9.17) is 0 Å². The summed E-state index contributed by atoms with van der Waals surface area (Å²) in [6.07, 6.45) is 5.07. The molecule has 1 aromatic carbocycles. The van der Waals surface area contributed by atoms with E-state index in [1.54, 1.807) is 17.2 Å². The van der Waals surface area contributed by atoms with E-state index < -0.39 is 0 Å². The molecule has 2 N–H and O–H groups in total. The number of nitrogens with one attached hydrogen (secondary N) is 2. The Balaban J connectivity index is 1.64. The number of anilines is 1. The van der Waals surface area contributed by atoms with Crippen molar-refractivity contribution < 1.29 is 4.79 Å². The summed E-state index contributed by atoms with van der Waals surface area (Å²) in [5, 5.41) is 14.4. The second-order valence-corrected chi connectivity index (χ2v) is 4.88. The molecule has 1 amide bonds. The normalized spacial score (nSPS) is 16.0. The van der Waals surface area contributed by atoms with Crippen molar-refractivity contribution in [1.29, 1.82) is 0 Å². The molecule has 6 heteroatoms. The van der Waals surface area contributed by atoms with E-state index in [0.29, 0.717) is 0 Å². The third-order valence-corrected chi connectivity index (χ3v) is 3.49. The highest BCUT2D eigenvalue weighted by Gasteiger charge is 2.20. The SMILES string of the molecule is O=C(Nc1ccc(-n2nccn2)cc1)C1CCNCC1. The zero-order chi connectivity index (χ0) is 13.8. The van der Waals surface area contributed by atoms with E-state index in [2.05, 4.69) is 20.8 Å². The van der Waals surface area contributed by atoms with Gasteiger partial charge >= 0.3 is 0 Å². The van der Waals surface area contributed by atoms with Gasteiger partial charge in [0.1, 0.15) is 0 Å². The van der Waals surface area contributed by atoms with Gasteiger partial charge in [-0.1, -0.05) is 0 Å². The van der Waals surface area contributed by atoms with E-state index >= 15 is 0 Å². The van der Waals surface area contributed by atoms with Gasteiger partial charge in [-0.2, -0.15) is 15.0 Å². The van der Waals surface area contributed by atoms with Gasteiger partial charge in [-0.25, -0.2) is 0 Å². The number of carbonyl (C=O) groups excluding carboxylic acids is 1. The number of amides is 1. The minimum absolute atomic E-state index is 0.108. The quantitative estimate of drug-likeness (QED) is 0.880. The zero-order valence-electron chi connectivity index (χ0n) is 11.1. The number of aromatic nitrogens is 3. The topological polar surface area (TPSA) is 71.8 Å². The van der Waals surface area contributed by atoms with Gasteiger partial charge in [0.25, 0.3) is 0 Å². The lowest BCUT2D eigenvalue weighted by Crippen LogP contribution is -2.34. The third kappa shape index (κ3) is 2.85. The molecule has 2 aromatic rings. The molecule has 104 valence electrons.